The summed E-state index contributed by atoms with van der Waals surface area (Å²) in [5.41, 5.74) is 1.50. The Bertz CT molecular complexity index is 607. The first-order chi connectivity index (χ1) is 9.31. The van der Waals surface area contributed by atoms with Gasteiger partial charge in [-0.15, -0.1) is 0 Å². The van der Waals surface area contributed by atoms with Crippen LogP contribution in [0.25, 0.3) is 10.9 Å². The van der Waals surface area contributed by atoms with Crippen LogP contribution in [0.3, 0.4) is 0 Å². The lowest BCUT2D eigenvalue weighted by Gasteiger charge is -2.23. The monoisotopic (exact) mass is 256 g/mol. The van der Waals surface area contributed by atoms with E-state index in [2.05, 4.69) is 4.98 Å². The van der Waals surface area contributed by atoms with Gasteiger partial charge < -0.3 is 10.0 Å². The average Bonchev–Trinajstić information content (AvgIpc) is 2.94. The molecule has 0 bridgehead atoms. The van der Waals surface area contributed by atoms with E-state index in [1.807, 2.05) is 30.3 Å². The van der Waals surface area contributed by atoms with E-state index in [1.165, 1.54) is 0 Å². The molecule has 3 rings (SSSR count). The van der Waals surface area contributed by atoms with Gasteiger partial charge in [-0.3, -0.25) is 9.78 Å². The Hall–Kier alpha value is -1.94. The second-order valence-electron chi connectivity index (χ2n) is 4.85. The first-order valence-corrected chi connectivity index (χ1v) is 6.57. The standard InChI is InChI=1S/C15H16N2O2/c18-10-11-4-3-9-17(11)15(19)13-5-1-7-14-12(13)6-2-8-16-14/h1-2,5-8,11,18H,3-4,9-10H2/t11-/m0/s1. The highest BCUT2D eigenvalue weighted by Crippen LogP contribution is 2.23. The second kappa shape index (κ2) is 4.97. The van der Waals surface area contributed by atoms with Crippen LogP contribution in [0.4, 0.5) is 0 Å². The molecule has 0 spiro atoms. The number of nitrogens with zero attached hydrogens (tertiary/aromatic N) is 2. The SMILES string of the molecule is O=C(c1cccc2ncccc12)N1CCC[C@H]1CO. The van der Waals surface area contributed by atoms with Crippen LogP contribution in [0.5, 0.6) is 0 Å². The van der Waals surface area contributed by atoms with Crippen LogP contribution in [-0.4, -0.2) is 40.1 Å². The number of hydrogen-bond donors (Lipinski definition) is 1. The molecular weight excluding hydrogens is 240 g/mol. The third kappa shape index (κ3) is 2.08. The summed E-state index contributed by atoms with van der Waals surface area (Å²) in [7, 11) is 0. The molecule has 1 aromatic heterocycles. The lowest BCUT2D eigenvalue weighted by atomic mass is 10.1. The van der Waals surface area contributed by atoms with Crippen molar-refractivity contribution in [1.82, 2.24) is 9.88 Å². The number of aliphatic hydroxyl groups is 1. The fraction of sp³-hybridized carbons (Fsp3) is 0.333. The van der Waals surface area contributed by atoms with E-state index < -0.39 is 0 Å². The van der Waals surface area contributed by atoms with Crippen molar-refractivity contribution < 1.29 is 9.90 Å². The fourth-order valence-corrected chi connectivity index (χ4v) is 2.74. The van der Waals surface area contributed by atoms with Gasteiger partial charge in [0.05, 0.1) is 18.2 Å². The number of amides is 1. The first-order valence-electron chi connectivity index (χ1n) is 6.57. The molecule has 0 unspecified atom stereocenters. The minimum absolute atomic E-state index is 0.00449. The van der Waals surface area contributed by atoms with Crippen molar-refractivity contribution >= 4 is 16.8 Å². The second-order valence-corrected chi connectivity index (χ2v) is 4.85. The molecule has 1 fully saturated rings. The van der Waals surface area contributed by atoms with E-state index in [9.17, 15) is 9.90 Å². The Labute approximate surface area is 111 Å². The number of aliphatic hydroxyl groups excluding tert-OH is 1. The molecule has 1 saturated heterocycles. The quantitative estimate of drug-likeness (QED) is 0.892. The van der Waals surface area contributed by atoms with Crippen molar-refractivity contribution in [3.8, 4) is 0 Å². The lowest BCUT2D eigenvalue weighted by Crippen LogP contribution is -2.37. The molecule has 98 valence electrons. The minimum atomic E-state index is -0.0422. The first kappa shape index (κ1) is 12.1. The summed E-state index contributed by atoms with van der Waals surface area (Å²) in [5, 5.41) is 10.2. The maximum atomic E-state index is 12.6. The van der Waals surface area contributed by atoms with Crippen molar-refractivity contribution in [2.24, 2.45) is 0 Å². The van der Waals surface area contributed by atoms with Gasteiger partial charge in [0.15, 0.2) is 0 Å². The molecule has 0 aliphatic carbocycles. The van der Waals surface area contributed by atoms with Crippen LogP contribution in [-0.2, 0) is 0 Å². The van der Waals surface area contributed by atoms with E-state index in [0.29, 0.717) is 5.56 Å². The zero-order valence-electron chi connectivity index (χ0n) is 10.6. The molecule has 1 amide bonds. The van der Waals surface area contributed by atoms with Gasteiger partial charge >= 0.3 is 0 Å². The van der Waals surface area contributed by atoms with E-state index in [1.54, 1.807) is 11.1 Å². The van der Waals surface area contributed by atoms with Gasteiger partial charge in [0.25, 0.3) is 5.91 Å². The highest BCUT2D eigenvalue weighted by atomic mass is 16.3. The summed E-state index contributed by atoms with van der Waals surface area (Å²) in [5.74, 6) is -0.00449. The molecule has 4 heteroatoms. The van der Waals surface area contributed by atoms with Gasteiger partial charge in [0, 0.05) is 23.7 Å². The number of hydrogen-bond acceptors (Lipinski definition) is 3. The molecule has 0 saturated carbocycles. The smallest absolute Gasteiger partial charge is 0.254 e. The topological polar surface area (TPSA) is 53.4 Å². The van der Waals surface area contributed by atoms with Crippen LogP contribution in [0.2, 0.25) is 0 Å². The molecule has 1 atom stereocenters. The van der Waals surface area contributed by atoms with Gasteiger partial charge in [-0.2, -0.15) is 0 Å². The summed E-state index contributed by atoms with van der Waals surface area (Å²) < 4.78 is 0. The number of fused-ring (bicyclic) bond motifs is 1. The normalized spacial score (nSPS) is 19.0. The molecule has 2 heterocycles. The van der Waals surface area contributed by atoms with E-state index in [4.69, 9.17) is 0 Å². The van der Waals surface area contributed by atoms with Crippen molar-refractivity contribution in [1.29, 1.82) is 0 Å². The van der Waals surface area contributed by atoms with Crippen LogP contribution in [0, 0.1) is 0 Å². The predicted molar refractivity (Wildman–Crippen MR) is 72.9 cm³/mol. The zero-order chi connectivity index (χ0) is 13.2. The fourth-order valence-electron chi connectivity index (χ4n) is 2.74. The van der Waals surface area contributed by atoms with Gasteiger partial charge in [0.2, 0.25) is 0 Å². The minimum Gasteiger partial charge on any atom is -0.394 e. The molecule has 1 aliphatic heterocycles. The van der Waals surface area contributed by atoms with Crippen LogP contribution < -0.4 is 0 Å². The number of likely N-dealkylation sites (tertiary alicyclic amines) is 1. The summed E-state index contributed by atoms with van der Waals surface area (Å²) in [4.78, 5) is 18.7. The number of pyridine rings is 1. The van der Waals surface area contributed by atoms with Crippen molar-refractivity contribution in [2.45, 2.75) is 18.9 Å². The van der Waals surface area contributed by atoms with Crippen molar-refractivity contribution in [3.05, 3.63) is 42.1 Å². The summed E-state index contributed by atoms with van der Waals surface area (Å²) in [6, 6.07) is 9.30. The highest BCUT2D eigenvalue weighted by Gasteiger charge is 2.29. The average molecular weight is 256 g/mol. The Balaban J connectivity index is 2.02. The molecular formula is C15H16N2O2. The number of carbonyl (C=O) groups is 1. The molecule has 2 aromatic rings. The van der Waals surface area contributed by atoms with Gasteiger partial charge in [-0.1, -0.05) is 12.1 Å². The number of aromatic nitrogens is 1. The Morgan fingerprint density at radius 3 is 3.11 bits per heavy atom. The largest absolute Gasteiger partial charge is 0.394 e. The maximum absolute atomic E-state index is 12.6. The van der Waals surface area contributed by atoms with Crippen LogP contribution in [0.15, 0.2) is 36.5 Å². The van der Waals surface area contributed by atoms with E-state index in [-0.39, 0.29) is 18.6 Å². The number of benzene rings is 1. The van der Waals surface area contributed by atoms with Gasteiger partial charge in [0.1, 0.15) is 0 Å². The number of rotatable bonds is 2. The Morgan fingerprint density at radius 1 is 1.37 bits per heavy atom. The third-order valence-corrected chi connectivity index (χ3v) is 3.72. The summed E-state index contributed by atoms with van der Waals surface area (Å²) in [6.45, 7) is 0.759. The van der Waals surface area contributed by atoms with Gasteiger partial charge in [-0.25, -0.2) is 0 Å². The molecule has 4 nitrogen and oxygen atoms in total. The predicted octanol–water partition coefficient (Wildman–Crippen LogP) is 1.83. The summed E-state index contributed by atoms with van der Waals surface area (Å²) in [6.07, 6.45) is 3.56. The molecule has 0 radical (unpaired) electrons. The Kier molecular flexibility index (Phi) is 3.17. The third-order valence-electron chi connectivity index (χ3n) is 3.72. The lowest BCUT2D eigenvalue weighted by molar-refractivity contribution is 0.0679. The van der Waals surface area contributed by atoms with Crippen molar-refractivity contribution in [2.75, 3.05) is 13.2 Å². The summed E-state index contributed by atoms with van der Waals surface area (Å²) >= 11 is 0. The molecule has 1 N–H and O–H groups in total. The Morgan fingerprint density at radius 2 is 2.26 bits per heavy atom. The maximum Gasteiger partial charge on any atom is 0.254 e. The van der Waals surface area contributed by atoms with E-state index in [0.717, 1.165) is 30.3 Å². The van der Waals surface area contributed by atoms with Crippen LogP contribution in [0.1, 0.15) is 23.2 Å². The molecule has 19 heavy (non-hydrogen) atoms. The molecule has 1 aliphatic rings. The number of carbonyl (C=O) groups excluding carboxylic acids is 1. The van der Waals surface area contributed by atoms with Gasteiger partial charge in [-0.05, 0) is 31.0 Å². The van der Waals surface area contributed by atoms with E-state index >= 15 is 0 Å². The van der Waals surface area contributed by atoms with Crippen molar-refractivity contribution in [3.63, 3.8) is 0 Å². The van der Waals surface area contributed by atoms with Crippen LogP contribution >= 0.6 is 0 Å². The zero-order valence-corrected chi connectivity index (χ0v) is 10.6. The highest BCUT2D eigenvalue weighted by molar-refractivity contribution is 6.06. The molecule has 1 aromatic carbocycles.